The normalized spacial score (nSPS) is 30.2. The number of hydrazine groups is 1. The Hall–Kier alpha value is -1.30. The molecule has 1 N–H and O–H groups in total. The summed E-state index contributed by atoms with van der Waals surface area (Å²) >= 11 is -1.09. The number of nitrogens with one attached hydrogen (secondary N) is 1. The molecule has 0 saturated heterocycles. The van der Waals surface area contributed by atoms with Crippen LogP contribution in [0.2, 0.25) is 0 Å². The minimum atomic E-state index is -1.09. The Morgan fingerprint density at radius 3 is 3.04 bits per heavy atom. The number of Topliss-reactive ketones (excluding diaryl/α,β-unsaturated/α-hetero) is 1. The molecule has 4 rings (SSSR count). The van der Waals surface area contributed by atoms with E-state index in [1.807, 2.05) is 7.05 Å². The molecular weight excluding hydrogens is 308 g/mol. The second-order valence-corrected chi connectivity index (χ2v) is 8.30. The van der Waals surface area contributed by atoms with E-state index in [-0.39, 0.29) is 17.1 Å². The monoisotopic (exact) mass is 330 g/mol. The lowest BCUT2D eigenvalue weighted by atomic mass is 9.79. The van der Waals surface area contributed by atoms with Crippen molar-refractivity contribution < 1.29 is 9.35 Å². The van der Waals surface area contributed by atoms with Gasteiger partial charge in [0.1, 0.15) is 5.54 Å². The molecule has 3 aliphatic carbocycles. The summed E-state index contributed by atoms with van der Waals surface area (Å²) in [6.07, 6.45) is 13.2. The number of hydrogen-bond acceptors (Lipinski definition) is 4. The highest BCUT2D eigenvalue weighted by Gasteiger charge is 2.52. The maximum Gasteiger partial charge on any atom is 0.208 e. The topological polar surface area (TPSA) is 55.4 Å². The lowest BCUT2D eigenvalue weighted by molar-refractivity contribution is -0.113. The third kappa shape index (κ3) is 2.25. The zero-order valence-corrected chi connectivity index (χ0v) is 14.5. The molecule has 0 aromatic heterocycles. The molecular formula is C18H22N2O2S. The first-order valence-corrected chi connectivity index (χ1v) is 9.92. The summed E-state index contributed by atoms with van der Waals surface area (Å²) in [5.41, 5.74) is 9.61. The molecule has 122 valence electrons. The van der Waals surface area contributed by atoms with Crippen LogP contribution in [-0.4, -0.2) is 39.9 Å². The van der Waals surface area contributed by atoms with E-state index in [0.717, 1.165) is 31.3 Å². The molecule has 0 spiro atoms. The first kappa shape index (κ1) is 15.2. The number of carbonyl (C=O) groups is 1. The summed E-state index contributed by atoms with van der Waals surface area (Å²) in [7, 11) is 2.04. The Balaban J connectivity index is 1.77. The van der Waals surface area contributed by atoms with Crippen LogP contribution in [0.1, 0.15) is 32.1 Å². The number of ketones is 1. The van der Waals surface area contributed by atoms with Crippen molar-refractivity contribution in [2.45, 2.75) is 37.6 Å². The number of carbonyl (C=O) groups excluding carboxylic acids is 1. The molecule has 2 bridgehead atoms. The van der Waals surface area contributed by atoms with Gasteiger partial charge >= 0.3 is 0 Å². The fraction of sp³-hybridized carbons (Fsp3) is 0.500. The van der Waals surface area contributed by atoms with E-state index in [2.05, 4.69) is 28.7 Å². The highest BCUT2D eigenvalue weighted by Crippen LogP contribution is 2.53. The Bertz CT molecular complexity index is 702. The summed E-state index contributed by atoms with van der Waals surface area (Å²) < 4.78 is 11.4. The van der Waals surface area contributed by atoms with Gasteiger partial charge < -0.3 is 9.56 Å². The van der Waals surface area contributed by atoms with Gasteiger partial charge in [0.15, 0.2) is 5.75 Å². The molecule has 2 unspecified atom stereocenters. The van der Waals surface area contributed by atoms with Gasteiger partial charge in [0.25, 0.3) is 0 Å². The van der Waals surface area contributed by atoms with E-state index < -0.39 is 11.2 Å². The first-order chi connectivity index (χ1) is 11.0. The van der Waals surface area contributed by atoms with Crippen LogP contribution in [0.4, 0.5) is 0 Å². The zero-order chi connectivity index (χ0) is 16.2. The first-order valence-electron chi connectivity index (χ1n) is 8.19. The van der Waals surface area contributed by atoms with Gasteiger partial charge in [-0.15, -0.1) is 0 Å². The van der Waals surface area contributed by atoms with Crippen LogP contribution in [0.15, 0.2) is 46.2 Å². The van der Waals surface area contributed by atoms with Crippen LogP contribution in [-0.2, 0) is 16.0 Å². The standard InChI is InChI=1S/C18H22N2O2S/c1-20-16-9-13(17(21)11-23(2)22)10-18(19-20)14-7-5-3-4-6-12(14)8-15(16)18/h4,6,10,19H,3,5,7-9,11H2,1-2H3. The van der Waals surface area contributed by atoms with Gasteiger partial charge in [0.2, 0.25) is 5.78 Å². The van der Waals surface area contributed by atoms with Gasteiger partial charge in [0, 0.05) is 24.7 Å². The number of allylic oxidation sites excluding steroid dienone is 4. The van der Waals surface area contributed by atoms with E-state index in [4.69, 9.17) is 0 Å². The van der Waals surface area contributed by atoms with Gasteiger partial charge in [-0.25, -0.2) is 5.43 Å². The summed E-state index contributed by atoms with van der Waals surface area (Å²) in [6.45, 7) is 0. The quantitative estimate of drug-likeness (QED) is 0.806. The zero-order valence-electron chi connectivity index (χ0n) is 13.6. The molecule has 0 saturated carbocycles. The lowest BCUT2D eigenvalue weighted by Gasteiger charge is -2.30. The largest absolute Gasteiger partial charge is 0.616 e. The van der Waals surface area contributed by atoms with Gasteiger partial charge in [-0.1, -0.05) is 12.2 Å². The van der Waals surface area contributed by atoms with Crippen LogP contribution in [0, 0.1) is 0 Å². The number of rotatable bonds is 3. The minimum Gasteiger partial charge on any atom is -0.616 e. The summed E-state index contributed by atoms with van der Waals surface area (Å²) in [4.78, 5) is 12.5. The molecule has 2 atom stereocenters. The lowest BCUT2D eigenvalue weighted by Crippen LogP contribution is -2.46. The Morgan fingerprint density at radius 1 is 1.43 bits per heavy atom. The summed E-state index contributed by atoms with van der Waals surface area (Å²) in [5, 5.41) is 2.09. The maximum atomic E-state index is 12.5. The van der Waals surface area contributed by atoms with Crippen molar-refractivity contribution in [3.05, 3.63) is 46.2 Å². The van der Waals surface area contributed by atoms with E-state index >= 15 is 0 Å². The van der Waals surface area contributed by atoms with Gasteiger partial charge in [-0.3, -0.25) is 4.79 Å². The summed E-state index contributed by atoms with van der Waals surface area (Å²) in [6, 6.07) is 0. The van der Waals surface area contributed by atoms with E-state index in [0.29, 0.717) is 6.42 Å². The van der Waals surface area contributed by atoms with Crippen LogP contribution < -0.4 is 5.43 Å². The van der Waals surface area contributed by atoms with Crippen molar-refractivity contribution in [3.8, 4) is 0 Å². The van der Waals surface area contributed by atoms with Crippen LogP contribution in [0.25, 0.3) is 0 Å². The second kappa shape index (κ2) is 5.36. The molecule has 23 heavy (non-hydrogen) atoms. The van der Waals surface area contributed by atoms with Gasteiger partial charge in [-0.2, -0.15) is 0 Å². The number of nitrogens with zero attached hydrogens (tertiary/aromatic N) is 1. The molecule has 0 amide bonds. The van der Waals surface area contributed by atoms with E-state index in [9.17, 15) is 9.35 Å². The SMILES string of the molecule is CN1NC23C=C(C(=O)C[S+](C)[O-])CC1=C2CC1=C3CCCC=C1. The van der Waals surface area contributed by atoms with Crippen LogP contribution >= 0.6 is 0 Å². The highest BCUT2D eigenvalue weighted by molar-refractivity contribution is 7.91. The Labute approximate surface area is 140 Å². The highest BCUT2D eigenvalue weighted by atomic mass is 32.2. The maximum absolute atomic E-state index is 12.5. The van der Waals surface area contributed by atoms with Gasteiger partial charge in [-0.05, 0) is 59.7 Å². The average Bonchev–Trinajstić information content (AvgIpc) is 2.74. The molecule has 0 fully saturated rings. The molecule has 4 nitrogen and oxygen atoms in total. The molecule has 0 aromatic rings. The predicted molar refractivity (Wildman–Crippen MR) is 91.9 cm³/mol. The Kier molecular flexibility index (Phi) is 3.55. The number of hydrogen-bond donors (Lipinski definition) is 1. The third-order valence-corrected chi connectivity index (χ3v) is 6.03. The Morgan fingerprint density at radius 2 is 2.26 bits per heavy atom. The molecule has 0 aromatic carbocycles. The fourth-order valence-corrected chi connectivity index (χ4v) is 4.95. The van der Waals surface area contributed by atoms with Crippen molar-refractivity contribution in [3.63, 3.8) is 0 Å². The smallest absolute Gasteiger partial charge is 0.208 e. The fourth-order valence-electron chi connectivity index (χ4n) is 4.39. The molecule has 4 aliphatic rings. The van der Waals surface area contributed by atoms with Crippen molar-refractivity contribution >= 4 is 17.0 Å². The third-order valence-electron chi connectivity index (χ3n) is 5.36. The van der Waals surface area contributed by atoms with E-state index in [1.165, 1.54) is 22.4 Å². The van der Waals surface area contributed by atoms with Crippen LogP contribution in [0.3, 0.4) is 0 Å². The van der Waals surface area contributed by atoms with Crippen molar-refractivity contribution in [1.82, 2.24) is 10.4 Å². The molecule has 5 heteroatoms. The van der Waals surface area contributed by atoms with Crippen molar-refractivity contribution in [1.29, 1.82) is 0 Å². The average molecular weight is 330 g/mol. The molecule has 0 radical (unpaired) electrons. The van der Waals surface area contributed by atoms with Crippen molar-refractivity contribution in [2.24, 2.45) is 0 Å². The molecule has 1 heterocycles. The minimum absolute atomic E-state index is 0.0251. The molecule has 1 aliphatic heterocycles. The predicted octanol–water partition coefficient (Wildman–Crippen LogP) is 2.15. The van der Waals surface area contributed by atoms with E-state index in [1.54, 1.807) is 6.26 Å². The van der Waals surface area contributed by atoms with Crippen LogP contribution in [0.5, 0.6) is 0 Å². The van der Waals surface area contributed by atoms with Crippen molar-refractivity contribution in [2.75, 3.05) is 19.1 Å². The second-order valence-electron chi connectivity index (χ2n) is 6.87. The summed E-state index contributed by atoms with van der Waals surface area (Å²) in [5.74, 6) is 0.150. The van der Waals surface area contributed by atoms with Gasteiger partial charge in [0.05, 0.1) is 6.26 Å².